The third-order valence-electron chi connectivity index (χ3n) is 2.63. The first-order valence-corrected chi connectivity index (χ1v) is 5.94. The molecule has 0 aromatic rings. The summed E-state index contributed by atoms with van der Waals surface area (Å²) >= 11 is 0. The number of rotatable bonds is 4. The molecule has 9 heteroatoms. The average molecular weight is 288 g/mol. The highest BCUT2D eigenvalue weighted by molar-refractivity contribution is 5.95. The van der Waals surface area contributed by atoms with Gasteiger partial charge in [-0.15, -0.1) is 0 Å². The largest absolute Gasteiger partial charge is 0.481 e. The van der Waals surface area contributed by atoms with E-state index in [4.69, 9.17) is 9.84 Å². The lowest BCUT2D eigenvalue weighted by Crippen LogP contribution is -2.53. The van der Waals surface area contributed by atoms with E-state index >= 15 is 0 Å². The molecule has 3 amide bonds. The molecule has 1 atom stereocenters. The average Bonchev–Trinajstić information content (AvgIpc) is 2.44. The van der Waals surface area contributed by atoms with Crippen molar-refractivity contribution in [2.24, 2.45) is 0 Å². The summed E-state index contributed by atoms with van der Waals surface area (Å²) in [5.74, 6) is -2.40. The number of amides is 3. The molecule has 1 fully saturated rings. The first kappa shape index (κ1) is 15.9. The Balaban J connectivity index is 2.44. The van der Waals surface area contributed by atoms with Crippen LogP contribution in [0.5, 0.6) is 0 Å². The van der Waals surface area contributed by atoms with Crippen molar-refractivity contribution < 1.29 is 33.8 Å². The van der Waals surface area contributed by atoms with Gasteiger partial charge in [-0.05, 0) is 0 Å². The van der Waals surface area contributed by atoms with Gasteiger partial charge in [-0.2, -0.15) is 0 Å². The lowest BCUT2D eigenvalue weighted by molar-refractivity contribution is -0.158. The van der Waals surface area contributed by atoms with Crippen LogP contribution in [0.2, 0.25) is 0 Å². The molecule has 0 aliphatic carbocycles. The van der Waals surface area contributed by atoms with Crippen molar-refractivity contribution in [1.82, 2.24) is 10.2 Å². The highest BCUT2D eigenvalue weighted by atomic mass is 16.6. The summed E-state index contributed by atoms with van der Waals surface area (Å²) in [7, 11) is 1.21. The first-order chi connectivity index (χ1) is 9.43. The Hall–Kier alpha value is -2.16. The minimum absolute atomic E-state index is 0.0231. The molecule has 0 bridgehead atoms. The number of carboxylic acid groups (broad SMARTS) is 1. The summed E-state index contributed by atoms with van der Waals surface area (Å²) in [4.78, 5) is 45.9. The number of ether oxygens (including phenoxy) is 2. The minimum Gasteiger partial charge on any atom is -0.481 e. The number of carbonyl (C=O) groups excluding carboxylic acids is 3. The molecule has 1 rings (SSSR count). The normalized spacial score (nSPS) is 18.2. The lowest BCUT2D eigenvalue weighted by atomic mass is 10.3. The second-order valence-electron chi connectivity index (χ2n) is 4.08. The summed E-state index contributed by atoms with van der Waals surface area (Å²) in [6.07, 6.45) is -1.52. The fraction of sp³-hybridized carbons (Fsp3) is 0.636. The molecule has 112 valence electrons. The molecule has 1 aliphatic rings. The van der Waals surface area contributed by atoms with Gasteiger partial charge < -0.3 is 19.5 Å². The van der Waals surface area contributed by atoms with E-state index in [-0.39, 0.29) is 32.5 Å². The zero-order valence-electron chi connectivity index (χ0n) is 11.0. The number of hydrogen-bond donors (Lipinski definition) is 2. The molecule has 9 nitrogen and oxygen atoms in total. The number of carboxylic acids is 1. The molecule has 1 aliphatic heterocycles. The number of nitrogens with zero attached hydrogens (tertiary/aromatic N) is 1. The Kier molecular flexibility index (Phi) is 5.91. The first-order valence-electron chi connectivity index (χ1n) is 5.94. The number of morpholine rings is 1. The van der Waals surface area contributed by atoms with Crippen molar-refractivity contribution in [3.05, 3.63) is 0 Å². The van der Waals surface area contributed by atoms with Crippen LogP contribution < -0.4 is 5.32 Å². The molecule has 0 radical (unpaired) electrons. The molecule has 1 unspecified atom stereocenters. The molecular weight excluding hydrogens is 272 g/mol. The van der Waals surface area contributed by atoms with Crippen LogP contribution in [0.25, 0.3) is 0 Å². The summed E-state index contributed by atoms with van der Waals surface area (Å²) in [5.41, 5.74) is 0. The molecule has 0 aromatic heterocycles. The summed E-state index contributed by atoms with van der Waals surface area (Å²) in [6, 6.07) is -0.683. The Morgan fingerprint density at radius 1 is 1.35 bits per heavy atom. The second kappa shape index (κ2) is 7.43. The predicted molar refractivity (Wildman–Crippen MR) is 63.7 cm³/mol. The molecule has 1 saturated heterocycles. The van der Waals surface area contributed by atoms with Gasteiger partial charge in [0.1, 0.15) is 0 Å². The van der Waals surface area contributed by atoms with E-state index in [9.17, 15) is 19.2 Å². The van der Waals surface area contributed by atoms with Gasteiger partial charge in [0, 0.05) is 13.0 Å². The third-order valence-corrected chi connectivity index (χ3v) is 2.63. The highest BCUT2D eigenvalue weighted by Crippen LogP contribution is 2.07. The van der Waals surface area contributed by atoms with Gasteiger partial charge in [0.2, 0.25) is 5.91 Å². The number of methoxy groups -OCH3 is 1. The SMILES string of the molecule is COC(=O)C1CN(C(=O)NC(=O)CCC(=O)O)CCO1. The van der Waals surface area contributed by atoms with E-state index in [0.29, 0.717) is 0 Å². The number of carbonyl (C=O) groups is 4. The molecule has 2 N–H and O–H groups in total. The maximum atomic E-state index is 11.7. The van der Waals surface area contributed by atoms with Gasteiger partial charge in [-0.25, -0.2) is 9.59 Å². The topological polar surface area (TPSA) is 122 Å². The summed E-state index contributed by atoms with van der Waals surface area (Å²) in [5, 5.41) is 10.5. The fourth-order valence-electron chi connectivity index (χ4n) is 1.59. The summed E-state index contributed by atoms with van der Waals surface area (Å²) < 4.78 is 9.65. The van der Waals surface area contributed by atoms with Crippen molar-refractivity contribution in [3.8, 4) is 0 Å². The Labute approximate surface area is 114 Å². The van der Waals surface area contributed by atoms with Crippen molar-refractivity contribution in [3.63, 3.8) is 0 Å². The van der Waals surface area contributed by atoms with Crippen LogP contribution in [0.3, 0.4) is 0 Å². The molecular formula is C11H16N2O7. The Morgan fingerprint density at radius 2 is 2.05 bits per heavy atom. The standard InChI is InChI=1S/C11H16N2O7/c1-19-10(17)7-6-13(4-5-20-7)11(18)12-8(14)2-3-9(15)16/h7H,2-6H2,1H3,(H,15,16)(H,12,14,18). The molecule has 0 aromatic carbocycles. The van der Waals surface area contributed by atoms with E-state index in [2.05, 4.69) is 10.1 Å². The van der Waals surface area contributed by atoms with Gasteiger partial charge in [-0.1, -0.05) is 0 Å². The van der Waals surface area contributed by atoms with Crippen LogP contribution in [-0.2, 0) is 23.9 Å². The zero-order valence-corrected chi connectivity index (χ0v) is 11.0. The maximum absolute atomic E-state index is 11.7. The van der Waals surface area contributed by atoms with Crippen LogP contribution in [0.1, 0.15) is 12.8 Å². The number of urea groups is 1. The quantitative estimate of drug-likeness (QED) is 0.633. The minimum atomic E-state index is -1.12. The summed E-state index contributed by atoms with van der Waals surface area (Å²) in [6.45, 7) is 0.354. The second-order valence-corrected chi connectivity index (χ2v) is 4.08. The van der Waals surface area contributed by atoms with Crippen LogP contribution in [0.4, 0.5) is 4.79 Å². The van der Waals surface area contributed by atoms with Gasteiger partial charge in [-0.3, -0.25) is 14.9 Å². The van der Waals surface area contributed by atoms with E-state index < -0.39 is 30.0 Å². The molecule has 1 heterocycles. The number of hydrogen-bond acceptors (Lipinski definition) is 6. The number of nitrogens with one attached hydrogen (secondary N) is 1. The van der Waals surface area contributed by atoms with Gasteiger partial charge >= 0.3 is 18.0 Å². The van der Waals surface area contributed by atoms with Crippen molar-refractivity contribution in [2.75, 3.05) is 26.8 Å². The highest BCUT2D eigenvalue weighted by Gasteiger charge is 2.30. The smallest absolute Gasteiger partial charge is 0.336 e. The zero-order chi connectivity index (χ0) is 15.1. The van der Waals surface area contributed by atoms with E-state index in [1.807, 2.05) is 0 Å². The van der Waals surface area contributed by atoms with E-state index in [1.165, 1.54) is 12.0 Å². The van der Waals surface area contributed by atoms with Gasteiger partial charge in [0.15, 0.2) is 6.10 Å². The van der Waals surface area contributed by atoms with Crippen LogP contribution in [-0.4, -0.2) is 66.8 Å². The number of esters is 1. The Bertz CT molecular complexity index is 410. The van der Waals surface area contributed by atoms with E-state index in [0.717, 1.165) is 0 Å². The van der Waals surface area contributed by atoms with E-state index in [1.54, 1.807) is 0 Å². The predicted octanol–water partition coefficient (Wildman–Crippen LogP) is -1.04. The fourth-order valence-corrected chi connectivity index (χ4v) is 1.59. The van der Waals surface area contributed by atoms with Gasteiger partial charge in [0.05, 0.1) is 26.7 Å². The maximum Gasteiger partial charge on any atom is 0.336 e. The van der Waals surface area contributed by atoms with Crippen LogP contribution in [0, 0.1) is 0 Å². The lowest BCUT2D eigenvalue weighted by Gasteiger charge is -2.31. The monoisotopic (exact) mass is 288 g/mol. The number of imide groups is 1. The Morgan fingerprint density at radius 3 is 2.65 bits per heavy atom. The van der Waals surface area contributed by atoms with Crippen LogP contribution >= 0.6 is 0 Å². The van der Waals surface area contributed by atoms with Crippen molar-refractivity contribution in [2.45, 2.75) is 18.9 Å². The molecule has 0 saturated carbocycles. The van der Waals surface area contributed by atoms with Crippen molar-refractivity contribution >= 4 is 23.9 Å². The van der Waals surface area contributed by atoms with Crippen LogP contribution in [0.15, 0.2) is 0 Å². The molecule has 20 heavy (non-hydrogen) atoms. The van der Waals surface area contributed by atoms with Crippen molar-refractivity contribution in [1.29, 1.82) is 0 Å². The number of aliphatic carboxylic acids is 1. The third kappa shape index (κ3) is 4.84. The van der Waals surface area contributed by atoms with Gasteiger partial charge in [0.25, 0.3) is 0 Å². The molecule has 0 spiro atoms.